The topological polar surface area (TPSA) is 176 Å². The van der Waals surface area contributed by atoms with Crippen LogP contribution in [0.1, 0.15) is 60.9 Å². The number of piperidine rings is 2. The quantitative estimate of drug-likeness (QED) is 0.0347. The summed E-state index contributed by atoms with van der Waals surface area (Å²) >= 11 is 8.26. The fourth-order valence-corrected chi connectivity index (χ4v) is 10.1. The van der Waals surface area contributed by atoms with Crippen LogP contribution in [0, 0.1) is 0 Å². The molecule has 318 valence electrons. The first-order chi connectivity index (χ1) is 29.1. The predicted molar refractivity (Wildman–Crippen MR) is 235 cm³/mol. The van der Waals surface area contributed by atoms with Gasteiger partial charge in [-0.05, 0) is 92.4 Å². The number of rotatable bonds is 18. The van der Waals surface area contributed by atoms with Gasteiger partial charge in [0.05, 0.1) is 30.0 Å². The molecule has 3 amide bonds. The normalized spacial score (nSPS) is 17.1. The molecular weight excluding hydrogens is 827 g/mol. The predicted octanol–water partition coefficient (Wildman–Crippen LogP) is 7.02. The van der Waals surface area contributed by atoms with E-state index in [1.165, 1.54) is 20.4 Å². The highest BCUT2D eigenvalue weighted by atomic mass is 35.5. The molecule has 18 heteroatoms. The lowest BCUT2D eigenvalue weighted by Crippen LogP contribution is -2.52. The Hall–Kier alpha value is -4.70. The highest BCUT2D eigenvalue weighted by Crippen LogP contribution is 2.47. The van der Waals surface area contributed by atoms with E-state index in [0.717, 1.165) is 73.6 Å². The van der Waals surface area contributed by atoms with Gasteiger partial charge in [-0.1, -0.05) is 30.2 Å². The van der Waals surface area contributed by atoms with Crippen molar-refractivity contribution in [1.29, 1.82) is 0 Å². The zero-order chi connectivity index (χ0) is 42.2. The van der Waals surface area contributed by atoms with Crippen molar-refractivity contribution >= 4 is 82.8 Å². The van der Waals surface area contributed by atoms with Crippen LogP contribution in [0.25, 0.3) is 0 Å². The van der Waals surface area contributed by atoms with Crippen LogP contribution in [0.4, 0.5) is 28.8 Å². The van der Waals surface area contributed by atoms with Crippen molar-refractivity contribution in [3.05, 3.63) is 83.0 Å². The molecule has 4 N–H and O–H groups in total. The largest absolute Gasteiger partial charge is 0.494 e. The van der Waals surface area contributed by atoms with Crippen LogP contribution < -0.4 is 36.2 Å². The molecule has 1 atom stereocenters. The van der Waals surface area contributed by atoms with Crippen LogP contribution in [-0.4, -0.2) is 91.4 Å². The molecule has 2 saturated heterocycles. The second-order valence-corrected chi connectivity index (χ2v) is 18.5. The van der Waals surface area contributed by atoms with Gasteiger partial charge in [-0.3, -0.25) is 24.3 Å². The Balaban J connectivity index is 0.829. The van der Waals surface area contributed by atoms with Crippen molar-refractivity contribution in [3.8, 4) is 5.75 Å². The van der Waals surface area contributed by atoms with E-state index in [1.54, 1.807) is 48.0 Å². The number of hydrogen-bond donors (Lipinski definition) is 4. The second kappa shape index (κ2) is 19.8. The van der Waals surface area contributed by atoms with Crippen molar-refractivity contribution in [2.24, 2.45) is 0 Å². The van der Waals surface area contributed by atoms with Crippen molar-refractivity contribution < 1.29 is 32.7 Å². The first-order valence-electron chi connectivity index (χ1n) is 20.0. The zero-order valence-corrected chi connectivity index (χ0v) is 36.3. The van der Waals surface area contributed by atoms with Crippen molar-refractivity contribution in [2.45, 2.75) is 68.5 Å². The van der Waals surface area contributed by atoms with E-state index in [9.17, 15) is 18.9 Å². The van der Waals surface area contributed by atoms with Gasteiger partial charge in [0.2, 0.25) is 17.8 Å². The van der Waals surface area contributed by atoms with Gasteiger partial charge >= 0.3 is 7.60 Å². The number of halogens is 1. The van der Waals surface area contributed by atoms with E-state index in [1.807, 2.05) is 24.3 Å². The summed E-state index contributed by atoms with van der Waals surface area (Å²) in [6, 6.07) is 18.8. The number of para-hydroxylation sites is 1. The highest BCUT2D eigenvalue weighted by molar-refractivity contribution is 7.99. The van der Waals surface area contributed by atoms with Crippen LogP contribution in [-0.2, 0) is 29.7 Å². The summed E-state index contributed by atoms with van der Waals surface area (Å²) in [5.74, 6) is 1.43. The standard InChI is InChI=1S/C42H50ClN8O7PS/c1-56-36-24-29(11-14-33(36)47-42-45-25-32(43)39(49-42)46-34-9-5-6-10-37(34)59(55,57-2)58-3)50-20-17-28(18-21-50)44-19-7-4-8-22-60-30-12-13-31-27(23-30)26-51(41(31)54)35-15-16-38(52)48-40(35)53/h5-6,9-14,23-25,28,35,44H,4,7-8,15-22,26H2,1-3H3,(H,48,52,53)(H2,45,46,47,49). The highest BCUT2D eigenvalue weighted by Gasteiger charge is 2.39. The average molecular weight is 877 g/mol. The number of fused-ring (bicyclic) bond motifs is 1. The lowest BCUT2D eigenvalue weighted by atomic mass is 10.0. The van der Waals surface area contributed by atoms with Crippen LogP contribution in [0.15, 0.2) is 71.8 Å². The Kier molecular flexibility index (Phi) is 14.3. The number of thioether (sulfide) groups is 1. The van der Waals surface area contributed by atoms with Gasteiger partial charge in [-0.25, -0.2) is 4.98 Å². The van der Waals surface area contributed by atoms with Gasteiger partial charge < -0.3 is 39.5 Å². The fourth-order valence-electron chi connectivity index (χ4n) is 7.71. The number of aromatic nitrogens is 2. The molecule has 0 radical (unpaired) electrons. The summed E-state index contributed by atoms with van der Waals surface area (Å²) < 4.78 is 29.4. The number of ether oxygens (including phenoxy) is 1. The summed E-state index contributed by atoms with van der Waals surface area (Å²) in [6.45, 7) is 3.24. The molecule has 60 heavy (non-hydrogen) atoms. The molecule has 1 unspecified atom stereocenters. The number of benzene rings is 3. The van der Waals surface area contributed by atoms with Crippen molar-refractivity contribution in [2.75, 3.05) is 62.3 Å². The third kappa shape index (κ3) is 10.1. The molecule has 0 spiro atoms. The molecule has 15 nitrogen and oxygen atoms in total. The number of unbranched alkanes of at least 4 members (excludes halogenated alkanes) is 2. The monoisotopic (exact) mass is 876 g/mol. The third-order valence-electron chi connectivity index (χ3n) is 11.0. The van der Waals surface area contributed by atoms with Crippen LogP contribution >= 0.6 is 31.0 Å². The van der Waals surface area contributed by atoms with Gasteiger partial charge in [0.25, 0.3) is 5.91 Å². The lowest BCUT2D eigenvalue weighted by Gasteiger charge is -2.34. The Morgan fingerprint density at radius 1 is 0.933 bits per heavy atom. The Morgan fingerprint density at radius 3 is 2.50 bits per heavy atom. The molecule has 2 fully saturated rings. The van der Waals surface area contributed by atoms with Crippen LogP contribution in [0.2, 0.25) is 5.02 Å². The van der Waals surface area contributed by atoms with Gasteiger partial charge in [-0.15, -0.1) is 11.8 Å². The minimum atomic E-state index is -3.56. The van der Waals surface area contributed by atoms with Crippen molar-refractivity contribution in [1.82, 2.24) is 25.5 Å². The van der Waals surface area contributed by atoms with Gasteiger partial charge in [0.1, 0.15) is 16.8 Å². The fraction of sp³-hybridized carbons (Fsp3) is 0.405. The molecule has 0 bridgehead atoms. The van der Waals surface area contributed by atoms with E-state index in [2.05, 4.69) is 48.3 Å². The molecule has 3 aromatic carbocycles. The number of amides is 3. The minimum absolute atomic E-state index is 0.140. The maximum Gasteiger partial charge on any atom is 0.362 e. The molecule has 0 aliphatic carbocycles. The Bertz CT molecular complexity index is 2250. The van der Waals surface area contributed by atoms with E-state index in [4.69, 9.17) is 25.4 Å². The first-order valence-corrected chi connectivity index (χ1v) is 22.9. The molecule has 3 aliphatic heterocycles. The number of imide groups is 1. The number of nitrogens with zero attached hydrogens (tertiary/aromatic N) is 4. The molecule has 4 heterocycles. The van der Waals surface area contributed by atoms with Gasteiger partial charge in [0, 0.05) is 68.5 Å². The molecule has 3 aliphatic rings. The molecule has 7 rings (SSSR count). The number of hydrogen-bond acceptors (Lipinski definition) is 14. The van der Waals surface area contributed by atoms with Gasteiger partial charge in [0.15, 0.2) is 5.82 Å². The maximum atomic E-state index is 13.2. The summed E-state index contributed by atoms with van der Waals surface area (Å²) in [6.07, 6.45) is 7.52. The molecule has 0 saturated carbocycles. The third-order valence-corrected chi connectivity index (χ3v) is 14.3. The van der Waals surface area contributed by atoms with E-state index in [0.29, 0.717) is 52.8 Å². The summed E-state index contributed by atoms with van der Waals surface area (Å²) in [5.41, 5.74) is 3.82. The van der Waals surface area contributed by atoms with Crippen LogP contribution in [0.3, 0.4) is 0 Å². The average Bonchev–Trinajstić information content (AvgIpc) is 3.59. The molecule has 4 aromatic rings. The smallest absolute Gasteiger partial charge is 0.362 e. The zero-order valence-electron chi connectivity index (χ0n) is 33.9. The van der Waals surface area contributed by atoms with E-state index in [-0.39, 0.29) is 35.1 Å². The number of nitrogens with one attached hydrogen (secondary N) is 4. The first kappa shape index (κ1) is 43.4. The number of methoxy groups -OCH3 is 1. The minimum Gasteiger partial charge on any atom is -0.494 e. The van der Waals surface area contributed by atoms with Gasteiger partial charge in [-0.2, -0.15) is 4.98 Å². The van der Waals surface area contributed by atoms with E-state index >= 15 is 0 Å². The Morgan fingerprint density at radius 2 is 1.73 bits per heavy atom. The SMILES string of the molecule is COc1cc(N2CCC(NCCCCCSc3ccc4c(c3)CN(C3CCC(=O)NC3=O)C4=O)CC2)ccc1Nc1ncc(Cl)c(Nc2ccccc2P(=O)(OC)OC)n1. The molecule has 1 aromatic heterocycles. The Labute approximate surface area is 359 Å². The summed E-state index contributed by atoms with van der Waals surface area (Å²) in [5, 5.41) is 13.1. The number of carbonyl (C=O) groups excluding carboxylic acids is 3. The lowest BCUT2D eigenvalue weighted by molar-refractivity contribution is -0.136. The number of anilines is 5. The van der Waals surface area contributed by atoms with Crippen molar-refractivity contribution in [3.63, 3.8) is 0 Å². The summed E-state index contributed by atoms with van der Waals surface area (Å²) in [7, 11) is 0.740. The maximum absolute atomic E-state index is 13.2. The summed E-state index contributed by atoms with van der Waals surface area (Å²) in [4.78, 5) is 50.9. The molecular formula is C42H50ClN8O7PS. The second-order valence-electron chi connectivity index (χ2n) is 14.7. The van der Waals surface area contributed by atoms with E-state index < -0.39 is 13.6 Å². The number of carbonyl (C=O) groups is 3. The van der Waals surface area contributed by atoms with Crippen LogP contribution in [0.5, 0.6) is 5.75 Å².